The van der Waals surface area contributed by atoms with Crippen LogP contribution in [0.15, 0.2) is 48.7 Å². The van der Waals surface area contributed by atoms with Gasteiger partial charge < -0.3 is 4.90 Å². The van der Waals surface area contributed by atoms with E-state index in [1.54, 1.807) is 0 Å². The minimum absolute atomic E-state index is 0.113. The summed E-state index contributed by atoms with van der Waals surface area (Å²) in [6.45, 7) is 1.47. The number of hydrogen-bond acceptors (Lipinski definition) is 3. The smallest absolute Gasteiger partial charge is 0.254 e. The standard InChI is InChI=1S/C20H20N4O/c25-20(18-7-3-5-14-4-1-2-6-17(14)18)23-11-10-16(12-23)24-13-19(21-22-24)15-8-9-15/h1-7,13,15-16H,8-12H2. The van der Waals surface area contributed by atoms with Crippen molar-refractivity contribution in [2.75, 3.05) is 13.1 Å². The van der Waals surface area contributed by atoms with Gasteiger partial charge in [-0.25, -0.2) is 4.68 Å². The Kier molecular flexibility index (Phi) is 3.33. The molecule has 2 aliphatic rings. The predicted octanol–water partition coefficient (Wildman–Crippen LogP) is 3.40. The van der Waals surface area contributed by atoms with Gasteiger partial charge in [0.05, 0.1) is 11.7 Å². The van der Waals surface area contributed by atoms with Crippen LogP contribution in [-0.4, -0.2) is 38.9 Å². The number of likely N-dealkylation sites (tertiary alicyclic amines) is 1. The lowest BCUT2D eigenvalue weighted by Crippen LogP contribution is -2.29. The molecular formula is C20H20N4O. The summed E-state index contributed by atoms with van der Waals surface area (Å²) in [5.74, 6) is 0.727. The molecule has 2 aromatic carbocycles. The highest BCUT2D eigenvalue weighted by molar-refractivity contribution is 6.07. The Hall–Kier alpha value is -2.69. The van der Waals surface area contributed by atoms with Crippen LogP contribution in [0.2, 0.25) is 0 Å². The van der Waals surface area contributed by atoms with Gasteiger partial charge in [-0.2, -0.15) is 0 Å². The highest BCUT2D eigenvalue weighted by atomic mass is 16.2. The summed E-state index contributed by atoms with van der Waals surface area (Å²) in [6, 6.07) is 14.2. The summed E-state index contributed by atoms with van der Waals surface area (Å²) in [4.78, 5) is 15.0. The Morgan fingerprint density at radius 1 is 1.04 bits per heavy atom. The van der Waals surface area contributed by atoms with Crippen LogP contribution >= 0.6 is 0 Å². The zero-order valence-corrected chi connectivity index (χ0v) is 14.0. The second-order valence-electron chi connectivity index (χ2n) is 7.12. The highest BCUT2D eigenvalue weighted by Gasteiger charge is 2.31. The van der Waals surface area contributed by atoms with Gasteiger partial charge >= 0.3 is 0 Å². The molecular weight excluding hydrogens is 312 g/mol. The Bertz CT molecular complexity index is 938. The largest absolute Gasteiger partial charge is 0.336 e. The van der Waals surface area contributed by atoms with Crippen molar-refractivity contribution in [2.24, 2.45) is 0 Å². The van der Waals surface area contributed by atoms with Crippen LogP contribution in [-0.2, 0) is 0 Å². The van der Waals surface area contributed by atoms with E-state index >= 15 is 0 Å². The first-order valence-corrected chi connectivity index (χ1v) is 8.98. The number of amides is 1. The molecule has 2 heterocycles. The van der Waals surface area contributed by atoms with Crippen LogP contribution in [0.3, 0.4) is 0 Å². The molecule has 0 spiro atoms. The van der Waals surface area contributed by atoms with Crippen molar-refractivity contribution >= 4 is 16.7 Å². The number of hydrogen-bond donors (Lipinski definition) is 0. The topological polar surface area (TPSA) is 51.0 Å². The molecule has 0 radical (unpaired) electrons. The van der Waals surface area contributed by atoms with Gasteiger partial charge in [-0.1, -0.05) is 41.6 Å². The van der Waals surface area contributed by atoms with Crippen molar-refractivity contribution in [1.82, 2.24) is 19.9 Å². The zero-order chi connectivity index (χ0) is 16.8. The summed E-state index contributed by atoms with van der Waals surface area (Å²) in [6.07, 6.45) is 5.47. The molecule has 1 saturated heterocycles. The first-order chi connectivity index (χ1) is 12.3. The molecule has 2 fully saturated rings. The molecule has 126 valence electrons. The van der Waals surface area contributed by atoms with Gasteiger partial charge in [-0.05, 0) is 36.1 Å². The van der Waals surface area contributed by atoms with Crippen molar-refractivity contribution in [3.8, 4) is 0 Å². The molecule has 1 aliphatic heterocycles. The highest BCUT2D eigenvalue weighted by Crippen LogP contribution is 2.39. The molecule has 1 unspecified atom stereocenters. The van der Waals surface area contributed by atoms with Crippen molar-refractivity contribution in [2.45, 2.75) is 31.2 Å². The molecule has 1 atom stereocenters. The van der Waals surface area contributed by atoms with Gasteiger partial charge in [-0.3, -0.25) is 4.79 Å². The first-order valence-electron chi connectivity index (χ1n) is 8.98. The molecule has 5 nitrogen and oxygen atoms in total. The third kappa shape index (κ3) is 2.60. The van der Waals surface area contributed by atoms with E-state index in [1.165, 1.54) is 12.8 Å². The maximum absolute atomic E-state index is 13.0. The third-order valence-corrected chi connectivity index (χ3v) is 5.37. The molecule has 0 N–H and O–H groups in total. The quantitative estimate of drug-likeness (QED) is 0.739. The average Bonchev–Trinajstić information content (AvgIpc) is 3.19. The van der Waals surface area contributed by atoms with E-state index in [9.17, 15) is 4.79 Å². The van der Waals surface area contributed by atoms with Gasteiger partial charge in [0, 0.05) is 30.8 Å². The minimum Gasteiger partial charge on any atom is -0.336 e. The van der Waals surface area contributed by atoms with Gasteiger partial charge in [-0.15, -0.1) is 5.10 Å². The van der Waals surface area contributed by atoms with E-state index in [1.807, 2.05) is 52.0 Å². The summed E-state index contributed by atoms with van der Waals surface area (Å²) < 4.78 is 1.96. The van der Waals surface area contributed by atoms with Crippen molar-refractivity contribution in [3.63, 3.8) is 0 Å². The van der Waals surface area contributed by atoms with Gasteiger partial charge in [0.15, 0.2) is 0 Å². The number of nitrogens with zero attached hydrogens (tertiary/aromatic N) is 4. The lowest BCUT2D eigenvalue weighted by molar-refractivity contribution is 0.0789. The summed E-state index contributed by atoms with van der Waals surface area (Å²) in [7, 11) is 0. The number of rotatable bonds is 3. The molecule has 1 amide bonds. The predicted molar refractivity (Wildman–Crippen MR) is 95.5 cm³/mol. The number of aromatic nitrogens is 3. The second kappa shape index (κ2) is 5.69. The summed E-state index contributed by atoms with van der Waals surface area (Å²) in [5, 5.41) is 10.7. The SMILES string of the molecule is O=C(c1cccc2ccccc12)N1CCC(n2cc(C3CC3)nn2)C1. The van der Waals surface area contributed by atoms with E-state index < -0.39 is 0 Å². The van der Waals surface area contributed by atoms with Crippen LogP contribution in [0.25, 0.3) is 10.8 Å². The van der Waals surface area contributed by atoms with Crippen LogP contribution in [0.4, 0.5) is 0 Å². The molecule has 3 aromatic rings. The Labute approximate surface area is 146 Å². The monoisotopic (exact) mass is 332 g/mol. The lowest BCUT2D eigenvalue weighted by Gasteiger charge is -2.17. The summed E-state index contributed by atoms with van der Waals surface area (Å²) >= 11 is 0. The van der Waals surface area contributed by atoms with Gasteiger partial charge in [0.2, 0.25) is 0 Å². The normalized spacial score (nSPS) is 20.3. The van der Waals surface area contributed by atoms with E-state index in [0.717, 1.165) is 35.0 Å². The maximum Gasteiger partial charge on any atom is 0.254 e. The zero-order valence-electron chi connectivity index (χ0n) is 14.0. The third-order valence-electron chi connectivity index (χ3n) is 5.37. The van der Waals surface area contributed by atoms with E-state index in [2.05, 4.69) is 16.5 Å². The van der Waals surface area contributed by atoms with Gasteiger partial charge in [0.25, 0.3) is 5.91 Å². The van der Waals surface area contributed by atoms with Crippen LogP contribution < -0.4 is 0 Å². The van der Waals surface area contributed by atoms with Crippen LogP contribution in [0, 0.1) is 0 Å². The van der Waals surface area contributed by atoms with E-state index in [0.29, 0.717) is 12.5 Å². The summed E-state index contributed by atoms with van der Waals surface area (Å²) in [5.41, 5.74) is 1.90. The fourth-order valence-electron chi connectivity index (χ4n) is 3.76. The average molecular weight is 332 g/mol. The maximum atomic E-state index is 13.0. The van der Waals surface area contributed by atoms with E-state index in [-0.39, 0.29) is 11.9 Å². The number of carbonyl (C=O) groups is 1. The fraction of sp³-hybridized carbons (Fsp3) is 0.350. The Morgan fingerprint density at radius 3 is 2.76 bits per heavy atom. The number of benzene rings is 2. The second-order valence-corrected chi connectivity index (χ2v) is 7.12. The lowest BCUT2D eigenvalue weighted by atomic mass is 10.0. The number of fused-ring (bicyclic) bond motifs is 1. The molecule has 0 bridgehead atoms. The van der Waals surface area contributed by atoms with Crippen molar-refractivity contribution in [1.29, 1.82) is 0 Å². The van der Waals surface area contributed by atoms with Crippen molar-refractivity contribution < 1.29 is 4.79 Å². The Morgan fingerprint density at radius 2 is 1.88 bits per heavy atom. The van der Waals surface area contributed by atoms with Gasteiger partial charge in [0.1, 0.15) is 0 Å². The molecule has 1 aliphatic carbocycles. The Balaban J connectivity index is 1.37. The molecule has 5 rings (SSSR count). The van der Waals surface area contributed by atoms with Crippen LogP contribution in [0.5, 0.6) is 0 Å². The van der Waals surface area contributed by atoms with Crippen molar-refractivity contribution in [3.05, 3.63) is 59.9 Å². The molecule has 25 heavy (non-hydrogen) atoms. The molecule has 5 heteroatoms. The molecule has 1 aromatic heterocycles. The number of carbonyl (C=O) groups excluding carboxylic acids is 1. The molecule has 1 saturated carbocycles. The minimum atomic E-state index is 0.113. The van der Waals surface area contributed by atoms with E-state index in [4.69, 9.17) is 0 Å². The fourth-order valence-corrected chi connectivity index (χ4v) is 3.76. The van der Waals surface area contributed by atoms with Crippen LogP contribution in [0.1, 0.15) is 47.3 Å². The first kappa shape index (κ1) is 14.6.